The van der Waals surface area contributed by atoms with Crippen LogP contribution in [0.4, 0.5) is 10.1 Å². The van der Waals surface area contributed by atoms with Gasteiger partial charge < -0.3 is 14.8 Å². The van der Waals surface area contributed by atoms with Crippen LogP contribution in [0, 0.1) is 5.82 Å². The molecule has 0 spiro atoms. The van der Waals surface area contributed by atoms with Crippen LogP contribution in [0.1, 0.15) is 18.5 Å². The van der Waals surface area contributed by atoms with Gasteiger partial charge in [0.1, 0.15) is 12.4 Å². The third-order valence-electron chi connectivity index (χ3n) is 4.16. The number of sulfonamides is 1. The number of ether oxygens (including phenoxy) is 2. The number of nitrogens with zero attached hydrogens (tertiary/aromatic N) is 1. The number of carbonyl (C=O) groups excluding carboxylic acids is 1. The standard InChI is InChI=1S/C19H22ClFN2O5S/c1-12(13-5-8-17(27-2)18(9-13)28-3)22-19(24)11-23(29(4,25)26)14-6-7-16(21)15(20)10-14/h5-10,12H,11H2,1-4H3,(H,22,24)/t12-/m0/s1. The number of benzene rings is 2. The third kappa shape index (κ3) is 5.74. The molecule has 2 aromatic carbocycles. The molecule has 29 heavy (non-hydrogen) atoms. The summed E-state index contributed by atoms with van der Waals surface area (Å²) in [4.78, 5) is 12.5. The van der Waals surface area contributed by atoms with Crippen LogP contribution >= 0.6 is 11.6 Å². The minimum absolute atomic E-state index is 0.0906. The van der Waals surface area contributed by atoms with Crippen LogP contribution < -0.4 is 19.1 Å². The van der Waals surface area contributed by atoms with Crippen molar-refractivity contribution in [3.05, 3.63) is 52.8 Å². The summed E-state index contributed by atoms with van der Waals surface area (Å²) in [7, 11) is -0.787. The minimum atomic E-state index is -3.81. The highest BCUT2D eigenvalue weighted by molar-refractivity contribution is 7.92. The second-order valence-corrected chi connectivity index (χ2v) is 8.59. The summed E-state index contributed by atoms with van der Waals surface area (Å²) in [6.45, 7) is 1.26. The number of carbonyl (C=O) groups is 1. The molecule has 7 nitrogen and oxygen atoms in total. The molecule has 1 N–H and O–H groups in total. The highest BCUT2D eigenvalue weighted by Gasteiger charge is 2.23. The molecule has 0 unspecified atom stereocenters. The molecule has 0 radical (unpaired) electrons. The molecule has 2 aromatic rings. The number of halogens is 2. The fraction of sp³-hybridized carbons (Fsp3) is 0.316. The third-order valence-corrected chi connectivity index (χ3v) is 5.59. The lowest BCUT2D eigenvalue weighted by Gasteiger charge is -2.23. The van der Waals surface area contributed by atoms with E-state index in [9.17, 15) is 17.6 Å². The maximum atomic E-state index is 13.4. The fourth-order valence-electron chi connectivity index (χ4n) is 2.66. The molecule has 0 aromatic heterocycles. The van der Waals surface area contributed by atoms with E-state index in [2.05, 4.69) is 5.32 Å². The van der Waals surface area contributed by atoms with Crippen LogP contribution in [0.3, 0.4) is 0 Å². The summed E-state index contributed by atoms with van der Waals surface area (Å²) >= 11 is 5.74. The average molecular weight is 445 g/mol. The van der Waals surface area contributed by atoms with E-state index in [0.717, 1.165) is 28.3 Å². The maximum Gasteiger partial charge on any atom is 0.241 e. The molecular weight excluding hydrogens is 423 g/mol. The summed E-state index contributed by atoms with van der Waals surface area (Å²) in [6.07, 6.45) is 0.954. The van der Waals surface area contributed by atoms with Crippen molar-refractivity contribution >= 4 is 33.2 Å². The van der Waals surface area contributed by atoms with Gasteiger partial charge >= 0.3 is 0 Å². The largest absolute Gasteiger partial charge is 0.493 e. The molecule has 0 saturated carbocycles. The van der Waals surface area contributed by atoms with Gasteiger partial charge in [0.15, 0.2) is 11.5 Å². The van der Waals surface area contributed by atoms with Crippen molar-refractivity contribution < 1.29 is 27.1 Å². The van der Waals surface area contributed by atoms with Gasteiger partial charge in [0.2, 0.25) is 15.9 Å². The van der Waals surface area contributed by atoms with E-state index in [1.54, 1.807) is 25.1 Å². The van der Waals surface area contributed by atoms with Gasteiger partial charge in [-0.15, -0.1) is 0 Å². The highest BCUT2D eigenvalue weighted by Crippen LogP contribution is 2.30. The first-order chi connectivity index (χ1) is 13.6. The molecule has 0 bridgehead atoms. The Labute approximate surface area is 174 Å². The molecule has 2 rings (SSSR count). The monoisotopic (exact) mass is 444 g/mol. The SMILES string of the molecule is COc1ccc([C@H](C)NC(=O)CN(c2ccc(F)c(Cl)c2)S(C)(=O)=O)cc1OC. The van der Waals surface area contributed by atoms with Gasteiger partial charge in [0.25, 0.3) is 0 Å². The van der Waals surface area contributed by atoms with Gasteiger partial charge in [0, 0.05) is 0 Å². The minimum Gasteiger partial charge on any atom is -0.493 e. The number of rotatable bonds is 8. The van der Waals surface area contributed by atoms with E-state index in [1.807, 2.05) is 0 Å². The molecule has 0 saturated heterocycles. The van der Waals surface area contributed by atoms with Gasteiger partial charge in [-0.1, -0.05) is 17.7 Å². The number of hydrogen-bond acceptors (Lipinski definition) is 5. The van der Waals surface area contributed by atoms with Crippen LogP contribution in [-0.2, 0) is 14.8 Å². The number of amides is 1. The van der Waals surface area contributed by atoms with E-state index in [4.69, 9.17) is 21.1 Å². The molecule has 0 aliphatic carbocycles. The van der Waals surface area contributed by atoms with Crippen molar-refractivity contribution in [3.63, 3.8) is 0 Å². The fourth-order valence-corrected chi connectivity index (χ4v) is 3.69. The molecule has 10 heteroatoms. The van der Waals surface area contributed by atoms with Crippen LogP contribution in [0.5, 0.6) is 11.5 Å². The van der Waals surface area contributed by atoms with Gasteiger partial charge in [-0.25, -0.2) is 12.8 Å². The van der Waals surface area contributed by atoms with Crippen molar-refractivity contribution in [1.82, 2.24) is 5.32 Å². The normalized spacial score (nSPS) is 12.2. The summed E-state index contributed by atoms with van der Waals surface area (Å²) < 4.78 is 49.0. The zero-order valence-corrected chi connectivity index (χ0v) is 18.0. The topological polar surface area (TPSA) is 84.9 Å². The van der Waals surface area contributed by atoms with Crippen molar-refractivity contribution in [2.75, 3.05) is 31.3 Å². The Hall–Kier alpha value is -2.52. The summed E-state index contributed by atoms with van der Waals surface area (Å²) in [5.74, 6) is -0.176. The molecule has 1 amide bonds. The summed E-state index contributed by atoms with van der Waals surface area (Å²) in [5.41, 5.74) is 0.833. The first kappa shape index (κ1) is 22.8. The lowest BCUT2D eigenvalue weighted by molar-refractivity contribution is -0.120. The predicted molar refractivity (Wildman–Crippen MR) is 110 cm³/mol. The maximum absolute atomic E-state index is 13.4. The zero-order chi connectivity index (χ0) is 21.8. The Bertz CT molecular complexity index is 1000. The zero-order valence-electron chi connectivity index (χ0n) is 16.4. The Morgan fingerprint density at radius 1 is 1.17 bits per heavy atom. The van der Waals surface area contributed by atoms with E-state index < -0.39 is 34.3 Å². The van der Waals surface area contributed by atoms with Crippen LogP contribution in [0.15, 0.2) is 36.4 Å². The molecule has 0 heterocycles. The van der Waals surface area contributed by atoms with Crippen molar-refractivity contribution in [2.24, 2.45) is 0 Å². The van der Waals surface area contributed by atoms with Gasteiger partial charge in [0.05, 0.1) is 37.2 Å². The number of methoxy groups -OCH3 is 2. The second-order valence-electron chi connectivity index (χ2n) is 6.27. The number of anilines is 1. The molecule has 158 valence electrons. The van der Waals surface area contributed by atoms with E-state index in [0.29, 0.717) is 11.5 Å². The lowest BCUT2D eigenvalue weighted by Crippen LogP contribution is -2.41. The first-order valence-electron chi connectivity index (χ1n) is 8.51. The van der Waals surface area contributed by atoms with E-state index in [1.165, 1.54) is 20.3 Å². The van der Waals surface area contributed by atoms with Gasteiger partial charge in [-0.3, -0.25) is 9.10 Å². The molecular formula is C19H22ClFN2O5S. The van der Waals surface area contributed by atoms with E-state index in [-0.39, 0.29) is 10.7 Å². The quantitative estimate of drug-likeness (QED) is 0.676. The molecule has 0 aliphatic heterocycles. The van der Waals surface area contributed by atoms with Gasteiger partial charge in [-0.05, 0) is 42.8 Å². The Morgan fingerprint density at radius 2 is 1.83 bits per heavy atom. The first-order valence-corrected chi connectivity index (χ1v) is 10.7. The Kier molecular flexibility index (Phi) is 7.32. The van der Waals surface area contributed by atoms with Crippen LogP contribution in [0.2, 0.25) is 5.02 Å². The summed E-state index contributed by atoms with van der Waals surface area (Å²) in [5, 5.41) is 2.49. The lowest BCUT2D eigenvalue weighted by atomic mass is 10.1. The molecule has 0 fully saturated rings. The van der Waals surface area contributed by atoms with Crippen molar-refractivity contribution in [2.45, 2.75) is 13.0 Å². The number of hydrogen-bond donors (Lipinski definition) is 1. The molecule has 0 aliphatic rings. The number of nitrogens with one attached hydrogen (secondary N) is 1. The van der Waals surface area contributed by atoms with Crippen LogP contribution in [0.25, 0.3) is 0 Å². The smallest absolute Gasteiger partial charge is 0.241 e. The summed E-state index contributed by atoms with van der Waals surface area (Å²) in [6, 6.07) is 8.20. The van der Waals surface area contributed by atoms with E-state index >= 15 is 0 Å². The Morgan fingerprint density at radius 3 is 2.38 bits per heavy atom. The second kappa shape index (κ2) is 9.32. The van der Waals surface area contributed by atoms with Crippen molar-refractivity contribution in [1.29, 1.82) is 0 Å². The van der Waals surface area contributed by atoms with Gasteiger partial charge in [-0.2, -0.15) is 0 Å². The molecule has 1 atom stereocenters. The Balaban J connectivity index is 2.19. The average Bonchev–Trinajstić information content (AvgIpc) is 2.66. The van der Waals surface area contributed by atoms with Crippen molar-refractivity contribution in [3.8, 4) is 11.5 Å². The highest BCUT2D eigenvalue weighted by atomic mass is 35.5. The van der Waals surface area contributed by atoms with Crippen LogP contribution in [-0.4, -0.2) is 41.3 Å². The predicted octanol–water partition coefficient (Wildman–Crippen LogP) is 3.14.